The molecule has 0 fully saturated rings. The standard InChI is InChI=1S/C20H18N2O4/c1-13-11-17(16-5-3-4-6-18(16)21-13)20(24)22-14-7-9-15(10-8-14)26-12-19(23)25-2/h3-11H,12H2,1-2H3,(H,22,24). The highest BCUT2D eigenvalue weighted by Gasteiger charge is 2.12. The number of nitrogens with zero attached hydrogens (tertiary/aromatic N) is 1. The number of aromatic nitrogens is 1. The Morgan fingerprint density at radius 3 is 2.54 bits per heavy atom. The van der Waals surface area contributed by atoms with Crippen LogP contribution in [-0.2, 0) is 9.53 Å². The smallest absolute Gasteiger partial charge is 0.343 e. The summed E-state index contributed by atoms with van der Waals surface area (Å²) in [5.74, 6) is -0.157. The molecule has 6 heteroatoms. The number of para-hydroxylation sites is 1. The predicted molar refractivity (Wildman–Crippen MR) is 98.4 cm³/mol. The summed E-state index contributed by atoms with van der Waals surface area (Å²) < 4.78 is 9.80. The first-order chi connectivity index (χ1) is 12.6. The second-order valence-corrected chi connectivity index (χ2v) is 5.67. The summed E-state index contributed by atoms with van der Waals surface area (Å²) in [5, 5.41) is 3.67. The Labute approximate surface area is 150 Å². The number of fused-ring (bicyclic) bond motifs is 1. The van der Waals surface area contributed by atoms with Crippen LogP contribution >= 0.6 is 0 Å². The van der Waals surface area contributed by atoms with E-state index in [0.29, 0.717) is 17.0 Å². The van der Waals surface area contributed by atoms with Gasteiger partial charge in [0.25, 0.3) is 5.91 Å². The number of benzene rings is 2. The van der Waals surface area contributed by atoms with Crippen LogP contribution in [0, 0.1) is 6.92 Å². The number of ether oxygens (including phenoxy) is 2. The number of amides is 1. The molecule has 1 N–H and O–H groups in total. The first-order valence-electron chi connectivity index (χ1n) is 8.04. The summed E-state index contributed by atoms with van der Waals surface area (Å²) in [4.78, 5) is 28.2. The number of esters is 1. The summed E-state index contributed by atoms with van der Waals surface area (Å²) in [6, 6.07) is 16.1. The van der Waals surface area contributed by atoms with Crippen LogP contribution in [0.2, 0.25) is 0 Å². The first-order valence-corrected chi connectivity index (χ1v) is 8.04. The van der Waals surface area contributed by atoms with Crippen LogP contribution in [0.1, 0.15) is 16.1 Å². The molecule has 1 amide bonds. The summed E-state index contributed by atoms with van der Waals surface area (Å²) in [7, 11) is 1.30. The number of hydrogen-bond acceptors (Lipinski definition) is 5. The number of aryl methyl sites for hydroxylation is 1. The molecule has 0 saturated carbocycles. The summed E-state index contributed by atoms with van der Waals surface area (Å²) in [5.41, 5.74) is 2.75. The van der Waals surface area contributed by atoms with Gasteiger partial charge in [-0.1, -0.05) is 18.2 Å². The maximum Gasteiger partial charge on any atom is 0.343 e. The maximum atomic E-state index is 12.7. The van der Waals surface area contributed by atoms with Gasteiger partial charge < -0.3 is 14.8 Å². The number of anilines is 1. The van der Waals surface area contributed by atoms with E-state index in [1.165, 1.54) is 7.11 Å². The molecule has 1 aromatic heterocycles. The van der Waals surface area contributed by atoms with Crippen molar-refractivity contribution in [2.45, 2.75) is 6.92 Å². The molecule has 3 aromatic rings. The summed E-state index contributed by atoms with van der Waals surface area (Å²) in [6.07, 6.45) is 0. The van der Waals surface area contributed by atoms with Crippen LogP contribution in [0.4, 0.5) is 5.69 Å². The quantitative estimate of drug-likeness (QED) is 0.714. The minimum Gasteiger partial charge on any atom is -0.482 e. The Bertz CT molecular complexity index is 952. The molecule has 132 valence electrons. The van der Waals surface area contributed by atoms with Crippen molar-refractivity contribution in [3.05, 3.63) is 65.9 Å². The zero-order valence-electron chi connectivity index (χ0n) is 14.5. The Morgan fingerprint density at radius 2 is 1.81 bits per heavy atom. The van der Waals surface area contributed by atoms with Gasteiger partial charge in [0.2, 0.25) is 0 Å². The predicted octanol–water partition coefficient (Wildman–Crippen LogP) is 3.35. The van der Waals surface area contributed by atoms with E-state index in [2.05, 4.69) is 15.0 Å². The van der Waals surface area contributed by atoms with Crippen molar-refractivity contribution < 1.29 is 19.1 Å². The van der Waals surface area contributed by atoms with Crippen LogP contribution < -0.4 is 10.1 Å². The van der Waals surface area contributed by atoms with Crippen molar-refractivity contribution in [3.8, 4) is 5.75 Å². The molecule has 0 aliphatic heterocycles. The number of pyridine rings is 1. The lowest BCUT2D eigenvalue weighted by atomic mass is 10.1. The van der Waals surface area contributed by atoms with E-state index in [4.69, 9.17) is 4.74 Å². The molecule has 0 aliphatic rings. The highest BCUT2D eigenvalue weighted by atomic mass is 16.6. The van der Waals surface area contributed by atoms with Gasteiger partial charge in [-0.15, -0.1) is 0 Å². The molecular weight excluding hydrogens is 332 g/mol. The van der Waals surface area contributed by atoms with E-state index >= 15 is 0 Å². The molecule has 6 nitrogen and oxygen atoms in total. The normalized spacial score (nSPS) is 10.4. The van der Waals surface area contributed by atoms with Crippen molar-refractivity contribution in [1.29, 1.82) is 0 Å². The van der Waals surface area contributed by atoms with Gasteiger partial charge in [-0.25, -0.2) is 4.79 Å². The Kier molecular flexibility index (Phi) is 5.12. The Morgan fingerprint density at radius 1 is 1.08 bits per heavy atom. The molecule has 2 aromatic carbocycles. The number of hydrogen-bond donors (Lipinski definition) is 1. The van der Waals surface area contributed by atoms with Crippen LogP contribution in [0.25, 0.3) is 10.9 Å². The zero-order valence-corrected chi connectivity index (χ0v) is 14.5. The van der Waals surface area contributed by atoms with Gasteiger partial charge in [-0.2, -0.15) is 0 Å². The van der Waals surface area contributed by atoms with Gasteiger partial charge in [0.1, 0.15) is 5.75 Å². The number of rotatable bonds is 5. The lowest BCUT2D eigenvalue weighted by Crippen LogP contribution is -2.14. The van der Waals surface area contributed by atoms with Crippen LogP contribution in [0.3, 0.4) is 0 Å². The molecule has 0 spiro atoms. The van der Waals surface area contributed by atoms with Crippen LogP contribution in [-0.4, -0.2) is 30.6 Å². The van der Waals surface area contributed by atoms with Gasteiger partial charge in [0.05, 0.1) is 18.2 Å². The second kappa shape index (κ2) is 7.65. The number of nitrogens with one attached hydrogen (secondary N) is 1. The fourth-order valence-electron chi connectivity index (χ4n) is 2.53. The number of methoxy groups -OCH3 is 1. The number of carbonyl (C=O) groups is 2. The molecule has 0 unspecified atom stereocenters. The van der Waals surface area contributed by atoms with Gasteiger partial charge in [-0.05, 0) is 43.3 Å². The minimum absolute atomic E-state index is 0.162. The molecule has 0 saturated heterocycles. The van der Waals surface area contributed by atoms with E-state index in [1.807, 2.05) is 31.2 Å². The van der Waals surface area contributed by atoms with Crippen molar-refractivity contribution in [2.24, 2.45) is 0 Å². The maximum absolute atomic E-state index is 12.7. The molecule has 0 bridgehead atoms. The molecule has 0 atom stereocenters. The molecular formula is C20H18N2O4. The topological polar surface area (TPSA) is 77.5 Å². The number of carbonyl (C=O) groups excluding carboxylic acids is 2. The van der Waals surface area contributed by atoms with Crippen molar-refractivity contribution >= 4 is 28.5 Å². The van der Waals surface area contributed by atoms with Gasteiger partial charge in [0, 0.05) is 16.8 Å². The van der Waals surface area contributed by atoms with Crippen molar-refractivity contribution in [2.75, 3.05) is 19.0 Å². The highest BCUT2D eigenvalue weighted by molar-refractivity contribution is 6.12. The van der Waals surface area contributed by atoms with E-state index in [0.717, 1.165) is 16.6 Å². The SMILES string of the molecule is COC(=O)COc1ccc(NC(=O)c2cc(C)nc3ccccc23)cc1. The van der Waals surface area contributed by atoms with Crippen molar-refractivity contribution in [3.63, 3.8) is 0 Å². The van der Waals surface area contributed by atoms with Crippen LogP contribution in [0.15, 0.2) is 54.6 Å². The summed E-state index contributed by atoms with van der Waals surface area (Å²) in [6.45, 7) is 1.70. The molecule has 3 rings (SSSR count). The molecule has 0 aliphatic carbocycles. The average molecular weight is 350 g/mol. The van der Waals surface area contributed by atoms with E-state index in [1.54, 1.807) is 30.3 Å². The zero-order chi connectivity index (χ0) is 18.5. The highest BCUT2D eigenvalue weighted by Crippen LogP contribution is 2.21. The van der Waals surface area contributed by atoms with Gasteiger partial charge >= 0.3 is 5.97 Å². The van der Waals surface area contributed by atoms with E-state index < -0.39 is 5.97 Å². The molecule has 26 heavy (non-hydrogen) atoms. The third kappa shape index (κ3) is 3.97. The monoisotopic (exact) mass is 350 g/mol. The third-order valence-electron chi connectivity index (χ3n) is 3.79. The molecule has 1 heterocycles. The fraction of sp³-hybridized carbons (Fsp3) is 0.150. The minimum atomic E-state index is -0.456. The first kappa shape index (κ1) is 17.4. The lowest BCUT2D eigenvalue weighted by Gasteiger charge is -2.10. The van der Waals surface area contributed by atoms with Crippen molar-refractivity contribution in [1.82, 2.24) is 4.98 Å². The van der Waals surface area contributed by atoms with E-state index in [9.17, 15) is 9.59 Å². The van der Waals surface area contributed by atoms with E-state index in [-0.39, 0.29) is 12.5 Å². The Hall–Kier alpha value is -3.41. The largest absolute Gasteiger partial charge is 0.482 e. The van der Waals surface area contributed by atoms with Crippen LogP contribution in [0.5, 0.6) is 5.75 Å². The van der Waals surface area contributed by atoms with Gasteiger partial charge in [-0.3, -0.25) is 9.78 Å². The lowest BCUT2D eigenvalue weighted by molar-refractivity contribution is -0.142. The fourth-order valence-corrected chi connectivity index (χ4v) is 2.53. The summed E-state index contributed by atoms with van der Waals surface area (Å²) >= 11 is 0. The second-order valence-electron chi connectivity index (χ2n) is 5.67. The average Bonchev–Trinajstić information content (AvgIpc) is 2.66. The Balaban J connectivity index is 1.75. The van der Waals surface area contributed by atoms with Gasteiger partial charge in [0.15, 0.2) is 6.61 Å². The third-order valence-corrected chi connectivity index (χ3v) is 3.79. The molecule has 0 radical (unpaired) electrons.